The van der Waals surface area contributed by atoms with Gasteiger partial charge in [-0.25, -0.2) is 9.18 Å². The Morgan fingerprint density at radius 1 is 1.35 bits per heavy atom. The summed E-state index contributed by atoms with van der Waals surface area (Å²) in [5.74, 6) is -0.407. The lowest BCUT2D eigenvalue weighted by atomic mass is 10.3. The molecule has 7 heteroatoms. The molecule has 1 aromatic rings. The first-order valence-corrected chi connectivity index (χ1v) is 7.23. The normalized spacial score (nSPS) is 16.2. The van der Waals surface area contributed by atoms with Crippen molar-refractivity contribution >= 4 is 27.6 Å². The Bertz CT molecular complexity index is 479. The van der Waals surface area contributed by atoms with Crippen LogP contribution in [0.5, 0.6) is 0 Å². The summed E-state index contributed by atoms with van der Waals surface area (Å²) in [4.78, 5) is 15.8. The molecular weight excluding hydrogens is 329 g/mol. The number of carbonyl (C=O) groups is 1. The second kappa shape index (κ2) is 7.01. The number of hydrogen-bond acceptors (Lipinski definition) is 3. The Balaban J connectivity index is 1.88. The molecule has 1 saturated heterocycles. The van der Waals surface area contributed by atoms with Gasteiger partial charge in [0.15, 0.2) is 0 Å². The molecule has 2 amide bonds. The number of rotatable bonds is 3. The molecule has 1 heterocycles. The van der Waals surface area contributed by atoms with Crippen molar-refractivity contribution in [2.45, 2.75) is 0 Å². The topological polar surface area (TPSA) is 55.8 Å². The van der Waals surface area contributed by atoms with E-state index in [2.05, 4.69) is 26.1 Å². The van der Waals surface area contributed by atoms with Crippen molar-refractivity contribution in [3.63, 3.8) is 0 Å². The van der Waals surface area contributed by atoms with Gasteiger partial charge in [0.1, 0.15) is 5.82 Å². The fourth-order valence-electron chi connectivity index (χ4n) is 2.09. The van der Waals surface area contributed by atoms with Crippen molar-refractivity contribution in [3.05, 3.63) is 28.5 Å². The first-order valence-electron chi connectivity index (χ1n) is 6.44. The predicted octanol–water partition coefficient (Wildman–Crippen LogP) is 1.73. The molecule has 1 aliphatic rings. The maximum atomic E-state index is 13.4. The summed E-state index contributed by atoms with van der Waals surface area (Å²) in [6.07, 6.45) is 0. The Kier molecular flexibility index (Phi) is 5.33. The number of benzene rings is 1. The van der Waals surface area contributed by atoms with Crippen LogP contribution in [0.15, 0.2) is 22.7 Å². The molecule has 0 aromatic heterocycles. The third-order valence-corrected chi connectivity index (χ3v) is 3.89. The highest BCUT2D eigenvalue weighted by Gasteiger charge is 2.20. The number of amides is 2. The Labute approximate surface area is 125 Å². The van der Waals surface area contributed by atoms with Gasteiger partial charge >= 0.3 is 6.03 Å². The molecule has 1 aliphatic heterocycles. The van der Waals surface area contributed by atoms with Gasteiger partial charge < -0.3 is 15.3 Å². The van der Waals surface area contributed by atoms with E-state index in [-0.39, 0.29) is 12.6 Å². The molecule has 5 nitrogen and oxygen atoms in total. The van der Waals surface area contributed by atoms with Gasteiger partial charge in [-0.1, -0.05) is 0 Å². The zero-order valence-corrected chi connectivity index (χ0v) is 12.6. The number of nitrogens with one attached hydrogen (secondary N) is 1. The first-order chi connectivity index (χ1) is 9.60. The van der Waals surface area contributed by atoms with Gasteiger partial charge in [-0.3, -0.25) is 4.90 Å². The van der Waals surface area contributed by atoms with Gasteiger partial charge in [0.05, 0.1) is 11.1 Å². The fraction of sp³-hybridized carbons (Fsp3) is 0.462. The van der Waals surface area contributed by atoms with Crippen LogP contribution in [-0.2, 0) is 0 Å². The van der Waals surface area contributed by atoms with E-state index in [9.17, 15) is 9.18 Å². The molecular formula is C13H17BrFN3O2. The minimum atomic E-state index is -0.407. The van der Waals surface area contributed by atoms with Gasteiger partial charge in [-0.2, -0.15) is 0 Å². The molecule has 0 spiro atoms. The number of nitrogens with zero attached hydrogens (tertiary/aromatic N) is 2. The van der Waals surface area contributed by atoms with Gasteiger partial charge in [-0.05, 0) is 34.1 Å². The predicted molar refractivity (Wildman–Crippen MR) is 78.2 cm³/mol. The highest BCUT2D eigenvalue weighted by atomic mass is 79.9. The highest BCUT2D eigenvalue weighted by Crippen LogP contribution is 2.19. The molecule has 0 saturated carbocycles. The smallest absolute Gasteiger partial charge is 0.321 e. The lowest BCUT2D eigenvalue weighted by Gasteiger charge is -2.34. The lowest BCUT2D eigenvalue weighted by molar-refractivity contribution is 0.127. The maximum Gasteiger partial charge on any atom is 0.321 e. The number of urea groups is 1. The Morgan fingerprint density at radius 2 is 2.05 bits per heavy atom. The number of hydrogen-bond donors (Lipinski definition) is 2. The van der Waals surface area contributed by atoms with Crippen LogP contribution < -0.4 is 5.32 Å². The summed E-state index contributed by atoms with van der Waals surface area (Å²) < 4.78 is 13.7. The monoisotopic (exact) mass is 345 g/mol. The average molecular weight is 346 g/mol. The number of carbonyl (C=O) groups excluding carboxylic acids is 1. The van der Waals surface area contributed by atoms with Crippen LogP contribution in [0.1, 0.15) is 0 Å². The molecule has 1 fully saturated rings. The largest absolute Gasteiger partial charge is 0.395 e. The molecule has 0 unspecified atom stereocenters. The van der Waals surface area contributed by atoms with Crippen molar-refractivity contribution < 1.29 is 14.3 Å². The van der Waals surface area contributed by atoms with Crippen molar-refractivity contribution in [3.8, 4) is 0 Å². The van der Waals surface area contributed by atoms with Crippen LogP contribution in [-0.4, -0.2) is 60.3 Å². The first kappa shape index (κ1) is 15.2. The van der Waals surface area contributed by atoms with Crippen molar-refractivity contribution in [1.82, 2.24) is 9.80 Å². The molecule has 20 heavy (non-hydrogen) atoms. The van der Waals surface area contributed by atoms with Crippen LogP contribution in [0, 0.1) is 5.82 Å². The number of aliphatic hydroxyl groups excluding tert-OH is 1. The molecule has 2 N–H and O–H groups in total. The number of piperazine rings is 1. The quantitative estimate of drug-likeness (QED) is 0.877. The van der Waals surface area contributed by atoms with Crippen molar-refractivity contribution in [2.24, 2.45) is 0 Å². The second-order valence-corrected chi connectivity index (χ2v) is 5.47. The number of β-amino-alcohol motifs (C(OH)–C–C–N with tert-alkyl or cyclic N) is 1. The van der Waals surface area contributed by atoms with E-state index in [1.54, 1.807) is 17.0 Å². The number of aliphatic hydroxyl groups is 1. The van der Waals surface area contributed by atoms with Crippen LogP contribution in [0.25, 0.3) is 0 Å². The highest BCUT2D eigenvalue weighted by molar-refractivity contribution is 9.10. The average Bonchev–Trinajstić information content (AvgIpc) is 2.44. The van der Waals surface area contributed by atoms with E-state index in [0.717, 1.165) is 13.1 Å². The standard InChI is InChI=1S/C13H17BrFN3O2/c14-11-2-1-10(9-12(11)15)16-13(20)18-5-3-17(4-6-18)7-8-19/h1-2,9,19H,3-8H2,(H,16,20). The van der Waals surface area contributed by atoms with Crippen LogP contribution in [0.3, 0.4) is 0 Å². The minimum Gasteiger partial charge on any atom is -0.395 e. The van der Waals surface area contributed by atoms with Crippen molar-refractivity contribution in [1.29, 1.82) is 0 Å². The Hall–Kier alpha value is -1.18. The zero-order valence-electron chi connectivity index (χ0n) is 11.0. The molecule has 110 valence electrons. The summed E-state index contributed by atoms with van der Waals surface area (Å²) >= 11 is 3.07. The van der Waals surface area contributed by atoms with E-state index in [4.69, 9.17) is 5.11 Å². The molecule has 0 bridgehead atoms. The number of halogens is 2. The lowest BCUT2D eigenvalue weighted by Crippen LogP contribution is -2.50. The summed E-state index contributed by atoms with van der Waals surface area (Å²) in [7, 11) is 0. The van der Waals surface area contributed by atoms with E-state index >= 15 is 0 Å². The zero-order chi connectivity index (χ0) is 14.5. The summed E-state index contributed by atoms with van der Waals surface area (Å²) in [6.45, 7) is 3.44. The van der Waals surface area contributed by atoms with E-state index in [0.29, 0.717) is 29.8 Å². The number of anilines is 1. The van der Waals surface area contributed by atoms with Crippen LogP contribution >= 0.6 is 15.9 Å². The summed E-state index contributed by atoms with van der Waals surface area (Å²) in [6, 6.07) is 4.26. The van der Waals surface area contributed by atoms with E-state index in [1.807, 2.05) is 0 Å². The molecule has 0 aliphatic carbocycles. The van der Waals surface area contributed by atoms with Crippen LogP contribution in [0.2, 0.25) is 0 Å². The summed E-state index contributed by atoms with van der Waals surface area (Å²) in [5, 5.41) is 11.5. The van der Waals surface area contributed by atoms with Crippen LogP contribution in [0.4, 0.5) is 14.9 Å². The van der Waals surface area contributed by atoms with Gasteiger partial charge in [0, 0.05) is 38.4 Å². The van der Waals surface area contributed by atoms with Crippen molar-refractivity contribution in [2.75, 3.05) is 44.6 Å². The Morgan fingerprint density at radius 3 is 2.65 bits per heavy atom. The SMILES string of the molecule is O=C(Nc1ccc(Br)c(F)c1)N1CCN(CCO)CC1. The molecule has 1 aromatic carbocycles. The maximum absolute atomic E-state index is 13.4. The fourth-order valence-corrected chi connectivity index (χ4v) is 2.34. The minimum absolute atomic E-state index is 0.129. The van der Waals surface area contributed by atoms with E-state index < -0.39 is 5.82 Å². The summed E-state index contributed by atoms with van der Waals surface area (Å²) in [5.41, 5.74) is 0.438. The molecule has 0 atom stereocenters. The molecule has 2 rings (SSSR count). The van der Waals surface area contributed by atoms with Gasteiger partial charge in [-0.15, -0.1) is 0 Å². The van der Waals surface area contributed by atoms with Gasteiger partial charge in [0.2, 0.25) is 0 Å². The third-order valence-electron chi connectivity index (χ3n) is 3.25. The third kappa shape index (κ3) is 3.91. The van der Waals surface area contributed by atoms with E-state index in [1.165, 1.54) is 6.07 Å². The van der Waals surface area contributed by atoms with Gasteiger partial charge in [0.25, 0.3) is 0 Å². The second-order valence-electron chi connectivity index (χ2n) is 4.61. The molecule has 0 radical (unpaired) electrons.